The molecule has 7 nitrogen and oxygen atoms in total. The van der Waals surface area contributed by atoms with E-state index in [1.54, 1.807) is 0 Å². The lowest BCUT2D eigenvalue weighted by atomic mass is 9.92. The molecule has 1 aromatic carbocycles. The molecule has 1 aromatic heterocycles. The van der Waals surface area contributed by atoms with Gasteiger partial charge >= 0.3 is 0 Å². The zero-order chi connectivity index (χ0) is 19.5. The molecule has 2 aliphatic heterocycles. The number of rotatable bonds is 4. The Labute approximate surface area is 178 Å². The summed E-state index contributed by atoms with van der Waals surface area (Å²) in [5, 5.41) is 7.53. The topological polar surface area (TPSA) is 74.5 Å². The fraction of sp³-hybridized carbons (Fsp3) is 0.571. The minimum atomic E-state index is 0. The Morgan fingerprint density at radius 3 is 2.62 bits per heavy atom. The van der Waals surface area contributed by atoms with Crippen LogP contribution in [0.5, 0.6) is 0 Å². The molecule has 0 radical (unpaired) electrons. The summed E-state index contributed by atoms with van der Waals surface area (Å²) < 4.78 is 5.44. The number of amides is 1. The van der Waals surface area contributed by atoms with Crippen molar-refractivity contribution in [2.45, 2.75) is 39.3 Å². The van der Waals surface area contributed by atoms with Crippen molar-refractivity contribution < 1.29 is 9.32 Å². The Bertz CT molecular complexity index is 802. The van der Waals surface area contributed by atoms with E-state index in [2.05, 4.69) is 34.2 Å². The minimum Gasteiger partial charge on any atom is -0.340 e. The average molecular weight is 420 g/mol. The molecular formula is C21H30ClN5O2. The van der Waals surface area contributed by atoms with E-state index in [1.807, 2.05) is 29.2 Å². The van der Waals surface area contributed by atoms with Crippen molar-refractivity contribution in [1.29, 1.82) is 0 Å². The molecule has 29 heavy (non-hydrogen) atoms. The van der Waals surface area contributed by atoms with Crippen LogP contribution in [-0.4, -0.2) is 64.6 Å². The monoisotopic (exact) mass is 419 g/mol. The van der Waals surface area contributed by atoms with Gasteiger partial charge in [-0.2, -0.15) is 4.98 Å². The molecule has 1 N–H and O–H groups in total. The number of nitrogens with zero attached hydrogens (tertiary/aromatic N) is 4. The normalized spacial score (nSPS) is 22.9. The van der Waals surface area contributed by atoms with Crippen LogP contribution in [0.2, 0.25) is 0 Å². The number of carbonyl (C=O) groups excluding carboxylic acids is 1. The van der Waals surface area contributed by atoms with Gasteiger partial charge in [0.15, 0.2) is 0 Å². The SMILES string of the molecule is Cc1ccc(-c2noc(CN3CCN(C(=O)[C@H]4CCN[C@@H](C)C4)CC3)n2)cc1.Cl. The molecule has 158 valence electrons. The Balaban J connectivity index is 0.00000240. The van der Waals surface area contributed by atoms with Crippen LogP contribution in [0.1, 0.15) is 31.2 Å². The Hall–Kier alpha value is -1.96. The fourth-order valence-corrected chi connectivity index (χ4v) is 4.07. The van der Waals surface area contributed by atoms with Crippen LogP contribution >= 0.6 is 12.4 Å². The molecule has 0 aliphatic carbocycles. The summed E-state index contributed by atoms with van der Waals surface area (Å²) in [4.78, 5) is 21.6. The third-order valence-electron chi connectivity index (χ3n) is 5.79. The third-order valence-corrected chi connectivity index (χ3v) is 5.79. The second kappa shape index (κ2) is 9.69. The van der Waals surface area contributed by atoms with Crippen molar-refractivity contribution in [3.8, 4) is 11.4 Å². The number of piperidine rings is 1. The van der Waals surface area contributed by atoms with E-state index in [1.165, 1.54) is 5.56 Å². The van der Waals surface area contributed by atoms with Crippen molar-refractivity contribution in [1.82, 2.24) is 25.3 Å². The maximum absolute atomic E-state index is 12.8. The summed E-state index contributed by atoms with van der Waals surface area (Å²) in [6, 6.07) is 8.55. The number of hydrogen-bond acceptors (Lipinski definition) is 6. The van der Waals surface area contributed by atoms with E-state index in [9.17, 15) is 4.79 Å². The predicted molar refractivity (Wildman–Crippen MR) is 114 cm³/mol. The lowest BCUT2D eigenvalue weighted by Gasteiger charge is -2.37. The van der Waals surface area contributed by atoms with Crippen LogP contribution in [0.3, 0.4) is 0 Å². The van der Waals surface area contributed by atoms with Crippen LogP contribution in [0.25, 0.3) is 11.4 Å². The molecule has 8 heteroatoms. The van der Waals surface area contributed by atoms with E-state index in [-0.39, 0.29) is 18.3 Å². The molecule has 1 amide bonds. The van der Waals surface area contributed by atoms with E-state index < -0.39 is 0 Å². The quantitative estimate of drug-likeness (QED) is 0.820. The van der Waals surface area contributed by atoms with Gasteiger partial charge in [0.2, 0.25) is 17.6 Å². The highest BCUT2D eigenvalue weighted by atomic mass is 35.5. The first kappa shape index (κ1) is 21.7. The van der Waals surface area contributed by atoms with Gasteiger partial charge in [0, 0.05) is 43.7 Å². The van der Waals surface area contributed by atoms with Crippen molar-refractivity contribution in [3.63, 3.8) is 0 Å². The largest absolute Gasteiger partial charge is 0.340 e. The maximum atomic E-state index is 12.8. The summed E-state index contributed by atoms with van der Waals surface area (Å²) in [6.07, 6.45) is 1.90. The van der Waals surface area contributed by atoms with E-state index in [4.69, 9.17) is 4.52 Å². The lowest BCUT2D eigenvalue weighted by molar-refractivity contribution is -0.138. The smallest absolute Gasteiger partial charge is 0.241 e. The van der Waals surface area contributed by atoms with Crippen LogP contribution in [-0.2, 0) is 11.3 Å². The second-order valence-electron chi connectivity index (χ2n) is 8.06. The van der Waals surface area contributed by atoms with Gasteiger partial charge in [-0.1, -0.05) is 35.0 Å². The third kappa shape index (κ3) is 5.35. The highest BCUT2D eigenvalue weighted by Gasteiger charge is 2.30. The van der Waals surface area contributed by atoms with E-state index in [0.29, 0.717) is 30.2 Å². The van der Waals surface area contributed by atoms with Crippen molar-refractivity contribution in [3.05, 3.63) is 35.7 Å². The Kier molecular flexibility index (Phi) is 7.27. The molecule has 0 unspecified atom stereocenters. The number of halogens is 1. The second-order valence-corrected chi connectivity index (χ2v) is 8.06. The van der Waals surface area contributed by atoms with Gasteiger partial charge in [-0.05, 0) is 33.2 Å². The van der Waals surface area contributed by atoms with Gasteiger partial charge in [-0.15, -0.1) is 12.4 Å². The standard InChI is InChI=1S/C21H29N5O2.ClH/c1-15-3-5-17(6-4-15)20-23-19(28-24-20)14-25-9-11-26(12-10-25)21(27)18-7-8-22-16(2)13-18;/h3-6,16,18,22H,7-14H2,1-2H3;1H/t16-,18-;/m0./s1. The zero-order valence-corrected chi connectivity index (χ0v) is 18.0. The molecule has 0 spiro atoms. The minimum absolute atomic E-state index is 0. The summed E-state index contributed by atoms with van der Waals surface area (Å²) in [5.74, 6) is 1.76. The molecule has 0 bridgehead atoms. The predicted octanol–water partition coefficient (Wildman–Crippen LogP) is 2.50. The van der Waals surface area contributed by atoms with Gasteiger partial charge in [0.05, 0.1) is 6.54 Å². The van der Waals surface area contributed by atoms with E-state index >= 15 is 0 Å². The fourth-order valence-electron chi connectivity index (χ4n) is 4.07. The number of hydrogen-bond donors (Lipinski definition) is 1. The lowest BCUT2D eigenvalue weighted by Crippen LogP contribution is -2.51. The first-order valence-corrected chi connectivity index (χ1v) is 10.2. The molecule has 3 heterocycles. The van der Waals surface area contributed by atoms with Gasteiger partial charge in [-0.25, -0.2) is 0 Å². The van der Waals surface area contributed by atoms with Gasteiger partial charge < -0.3 is 14.7 Å². The average Bonchev–Trinajstić information content (AvgIpc) is 3.17. The highest BCUT2D eigenvalue weighted by Crippen LogP contribution is 2.21. The highest BCUT2D eigenvalue weighted by molar-refractivity contribution is 5.85. The first-order valence-electron chi connectivity index (χ1n) is 10.2. The molecule has 4 rings (SSSR count). The first-order chi connectivity index (χ1) is 13.6. The molecule has 2 saturated heterocycles. The number of aryl methyl sites for hydroxylation is 1. The summed E-state index contributed by atoms with van der Waals surface area (Å²) >= 11 is 0. The Morgan fingerprint density at radius 2 is 1.93 bits per heavy atom. The maximum Gasteiger partial charge on any atom is 0.241 e. The number of piperazine rings is 1. The summed E-state index contributed by atoms with van der Waals surface area (Å²) in [5.41, 5.74) is 2.17. The molecule has 0 saturated carbocycles. The van der Waals surface area contributed by atoms with Crippen LogP contribution < -0.4 is 5.32 Å². The number of benzene rings is 1. The zero-order valence-electron chi connectivity index (χ0n) is 17.1. The molecule has 2 aliphatic rings. The molecule has 2 aromatic rings. The van der Waals surface area contributed by atoms with Crippen molar-refractivity contribution in [2.24, 2.45) is 5.92 Å². The van der Waals surface area contributed by atoms with E-state index in [0.717, 1.165) is 51.1 Å². The molecular weight excluding hydrogens is 390 g/mol. The van der Waals surface area contributed by atoms with Crippen LogP contribution in [0.4, 0.5) is 0 Å². The molecule has 2 fully saturated rings. The number of nitrogens with one attached hydrogen (secondary N) is 1. The van der Waals surface area contributed by atoms with Gasteiger partial charge in [0.1, 0.15) is 0 Å². The summed E-state index contributed by atoms with van der Waals surface area (Å²) in [7, 11) is 0. The van der Waals surface area contributed by atoms with Crippen LogP contribution in [0.15, 0.2) is 28.8 Å². The number of carbonyl (C=O) groups is 1. The number of aromatic nitrogens is 2. The van der Waals surface area contributed by atoms with Gasteiger partial charge in [-0.3, -0.25) is 9.69 Å². The summed E-state index contributed by atoms with van der Waals surface area (Å²) in [6.45, 7) is 9.02. The van der Waals surface area contributed by atoms with Crippen LogP contribution in [0, 0.1) is 12.8 Å². The molecule has 2 atom stereocenters. The van der Waals surface area contributed by atoms with Gasteiger partial charge in [0.25, 0.3) is 0 Å². The van der Waals surface area contributed by atoms with Crippen molar-refractivity contribution >= 4 is 18.3 Å². The van der Waals surface area contributed by atoms with Crippen molar-refractivity contribution in [2.75, 3.05) is 32.7 Å². The Morgan fingerprint density at radius 1 is 1.21 bits per heavy atom.